The quantitative estimate of drug-likeness (QED) is 0.629. The fourth-order valence-electron chi connectivity index (χ4n) is 2.51. The molecule has 2 aromatic rings. The summed E-state index contributed by atoms with van der Waals surface area (Å²) < 4.78 is 10.1. The third-order valence-electron chi connectivity index (χ3n) is 4.14. The molecule has 0 aliphatic heterocycles. The molecule has 27 heavy (non-hydrogen) atoms. The van der Waals surface area contributed by atoms with E-state index in [9.17, 15) is 9.59 Å². The lowest BCUT2D eigenvalue weighted by atomic mass is 10.1. The second-order valence-corrected chi connectivity index (χ2v) is 6.07. The van der Waals surface area contributed by atoms with Crippen LogP contribution in [-0.2, 0) is 27.2 Å². The van der Waals surface area contributed by atoms with Crippen LogP contribution in [0.15, 0.2) is 54.6 Å². The van der Waals surface area contributed by atoms with Crippen LogP contribution in [0, 0.1) is 0 Å². The number of nitrogens with one attached hydrogen (secondary N) is 2. The highest BCUT2D eigenvalue weighted by Crippen LogP contribution is 2.06. The third-order valence-corrected chi connectivity index (χ3v) is 4.14. The topological polar surface area (TPSA) is 76.7 Å². The summed E-state index contributed by atoms with van der Waals surface area (Å²) >= 11 is 0. The number of methoxy groups -OCH3 is 2. The number of carbonyl (C=O) groups excluding carboxylic acids is 2. The summed E-state index contributed by atoms with van der Waals surface area (Å²) in [6, 6.07) is 17.0. The molecule has 144 valence electrons. The van der Waals surface area contributed by atoms with Gasteiger partial charge in [0.2, 0.25) is 5.91 Å². The molecule has 0 heterocycles. The predicted molar refractivity (Wildman–Crippen MR) is 103 cm³/mol. The summed E-state index contributed by atoms with van der Waals surface area (Å²) in [5.74, 6) is -0.196. The number of aryl methyl sites for hydroxylation is 1. The molecule has 0 spiro atoms. The molecule has 0 saturated heterocycles. The van der Waals surface area contributed by atoms with Crippen LogP contribution in [0.2, 0.25) is 0 Å². The van der Waals surface area contributed by atoms with Gasteiger partial charge < -0.3 is 20.1 Å². The largest absolute Gasteiger partial charge is 0.354 e. The Morgan fingerprint density at radius 1 is 0.889 bits per heavy atom. The fourth-order valence-corrected chi connectivity index (χ4v) is 2.51. The van der Waals surface area contributed by atoms with Crippen molar-refractivity contribution < 1.29 is 19.1 Å². The molecule has 2 rings (SSSR count). The number of benzene rings is 2. The van der Waals surface area contributed by atoms with Crippen molar-refractivity contribution in [2.24, 2.45) is 0 Å². The van der Waals surface area contributed by atoms with E-state index in [1.165, 1.54) is 14.2 Å². The van der Waals surface area contributed by atoms with Crippen molar-refractivity contribution in [2.45, 2.75) is 25.7 Å². The van der Waals surface area contributed by atoms with Gasteiger partial charge in [-0.3, -0.25) is 9.59 Å². The monoisotopic (exact) mass is 370 g/mol. The smallest absolute Gasteiger partial charge is 0.251 e. The third kappa shape index (κ3) is 7.21. The highest BCUT2D eigenvalue weighted by atomic mass is 16.7. The van der Waals surface area contributed by atoms with Gasteiger partial charge in [0.15, 0.2) is 6.29 Å². The Morgan fingerprint density at radius 2 is 1.56 bits per heavy atom. The number of rotatable bonds is 10. The number of hydrogen-bond donors (Lipinski definition) is 2. The minimum Gasteiger partial charge on any atom is -0.354 e. The van der Waals surface area contributed by atoms with E-state index >= 15 is 0 Å². The maximum Gasteiger partial charge on any atom is 0.251 e. The second-order valence-electron chi connectivity index (χ2n) is 6.07. The Morgan fingerprint density at radius 3 is 2.19 bits per heavy atom. The van der Waals surface area contributed by atoms with Gasteiger partial charge in [0.25, 0.3) is 5.91 Å². The Labute approximate surface area is 159 Å². The molecule has 0 aliphatic carbocycles. The molecule has 0 atom stereocenters. The standard InChI is InChI=1S/C21H26N2O4/c1-26-20(27-2)15-23-21(25)18-11-8-17(9-12-18)14-22-19(24)13-10-16-6-4-3-5-7-16/h3-9,11-12,20H,10,13-15H2,1-2H3,(H,22,24)(H,23,25). The first-order valence-corrected chi connectivity index (χ1v) is 8.85. The average Bonchev–Trinajstić information content (AvgIpc) is 2.72. The normalized spacial score (nSPS) is 10.6. The minimum absolute atomic E-state index is 0.00541. The first-order valence-electron chi connectivity index (χ1n) is 8.85. The molecule has 0 aromatic heterocycles. The van der Waals surface area contributed by atoms with Crippen molar-refractivity contribution in [3.63, 3.8) is 0 Å². The summed E-state index contributed by atoms with van der Waals surface area (Å²) in [7, 11) is 3.03. The summed E-state index contributed by atoms with van der Waals surface area (Å²) in [6.07, 6.45) is 0.694. The van der Waals surface area contributed by atoms with Crippen molar-refractivity contribution >= 4 is 11.8 Å². The van der Waals surface area contributed by atoms with Gasteiger partial charge in [-0.15, -0.1) is 0 Å². The summed E-state index contributed by atoms with van der Waals surface area (Å²) in [4.78, 5) is 24.1. The van der Waals surface area contributed by atoms with Gasteiger partial charge >= 0.3 is 0 Å². The van der Waals surface area contributed by atoms with E-state index in [2.05, 4.69) is 10.6 Å². The molecule has 0 aliphatic rings. The van der Waals surface area contributed by atoms with E-state index in [0.717, 1.165) is 17.5 Å². The molecule has 0 bridgehead atoms. The number of amides is 2. The van der Waals surface area contributed by atoms with Gasteiger partial charge in [0, 0.05) is 32.7 Å². The van der Waals surface area contributed by atoms with Gasteiger partial charge in [0.05, 0.1) is 6.54 Å². The van der Waals surface area contributed by atoms with Gasteiger partial charge in [-0.05, 0) is 29.7 Å². The molecule has 2 amide bonds. The Balaban J connectivity index is 1.74. The van der Waals surface area contributed by atoms with Gasteiger partial charge in [-0.25, -0.2) is 0 Å². The van der Waals surface area contributed by atoms with Crippen molar-refractivity contribution in [3.05, 3.63) is 71.3 Å². The molecular weight excluding hydrogens is 344 g/mol. The summed E-state index contributed by atoms with van der Waals surface area (Å²) in [5, 5.41) is 5.64. The van der Waals surface area contributed by atoms with Crippen LogP contribution in [0.25, 0.3) is 0 Å². The Kier molecular flexibility index (Phi) is 8.48. The lowest BCUT2D eigenvalue weighted by molar-refractivity contribution is -0.121. The van der Waals surface area contributed by atoms with Crippen LogP contribution >= 0.6 is 0 Å². The number of carbonyl (C=O) groups is 2. The molecule has 0 fully saturated rings. The zero-order valence-corrected chi connectivity index (χ0v) is 15.7. The van der Waals surface area contributed by atoms with Crippen LogP contribution in [0.5, 0.6) is 0 Å². The first-order chi connectivity index (χ1) is 13.1. The fraction of sp³-hybridized carbons (Fsp3) is 0.333. The Hall–Kier alpha value is -2.70. The maximum atomic E-state index is 12.1. The van der Waals surface area contributed by atoms with E-state index in [-0.39, 0.29) is 18.4 Å². The highest BCUT2D eigenvalue weighted by Gasteiger charge is 2.10. The van der Waals surface area contributed by atoms with Gasteiger partial charge in [-0.2, -0.15) is 0 Å². The van der Waals surface area contributed by atoms with Crippen molar-refractivity contribution in [2.75, 3.05) is 20.8 Å². The lowest BCUT2D eigenvalue weighted by Gasteiger charge is -2.14. The van der Waals surface area contributed by atoms with Crippen LogP contribution < -0.4 is 10.6 Å². The Bertz CT molecular complexity index is 713. The van der Waals surface area contributed by atoms with Crippen molar-refractivity contribution in [3.8, 4) is 0 Å². The van der Waals surface area contributed by atoms with Crippen LogP contribution in [-0.4, -0.2) is 38.9 Å². The highest BCUT2D eigenvalue weighted by molar-refractivity contribution is 5.94. The van der Waals surface area contributed by atoms with E-state index in [1.807, 2.05) is 42.5 Å². The van der Waals surface area contributed by atoms with E-state index < -0.39 is 6.29 Å². The van der Waals surface area contributed by atoms with E-state index in [4.69, 9.17) is 9.47 Å². The van der Waals surface area contributed by atoms with Gasteiger partial charge in [-0.1, -0.05) is 42.5 Å². The SMILES string of the molecule is COC(CNC(=O)c1ccc(CNC(=O)CCc2ccccc2)cc1)OC. The maximum absolute atomic E-state index is 12.1. The van der Waals surface area contributed by atoms with E-state index in [0.29, 0.717) is 18.5 Å². The summed E-state index contributed by atoms with van der Waals surface area (Å²) in [5.41, 5.74) is 2.62. The molecule has 2 aromatic carbocycles. The number of hydrogen-bond acceptors (Lipinski definition) is 4. The average molecular weight is 370 g/mol. The van der Waals surface area contributed by atoms with Crippen molar-refractivity contribution in [1.29, 1.82) is 0 Å². The molecule has 6 nitrogen and oxygen atoms in total. The zero-order valence-electron chi connectivity index (χ0n) is 15.7. The molecule has 0 unspecified atom stereocenters. The molecule has 0 saturated carbocycles. The zero-order chi connectivity index (χ0) is 19.5. The minimum atomic E-state index is -0.473. The predicted octanol–water partition coefficient (Wildman–Crippen LogP) is 2.28. The van der Waals surface area contributed by atoms with E-state index in [1.54, 1.807) is 12.1 Å². The van der Waals surface area contributed by atoms with Crippen molar-refractivity contribution in [1.82, 2.24) is 10.6 Å². The summed E-state index contributed by atoms with van der Waals surface area (Å²) in [6.45, 7) is 0.704. The van der Waals surface area contributed by atoms with Crippen LogP contribution in [0.4, 0.5) is 0 Å². The molecule has 0 radical (unpaired) electrons. The van der Waals surface area contributed by atoms with Crippen LogP contribution in [0.1, 0.15) is 27.9 Å². The molecule has 6 heteroatoms. The van der Waals surface area contributed by atoms with Crippen LogP contribution in [0.3, 0.4) is 0 Å². The van der Waals surface area contributed by atoms with Gasteiger partial charge in [0.1, 0.15) is 0 Å². The molecule has 2 N–H and O–H groups in total. The lowest BCUT2D eigenvalue weighted by Crippen LogP contribution is -2.34. The number of ether oxygens (including phenoxy) is 2. The molecular formula is C21H26N2O4. The first kappa shape index (κ1) is 20.6. The second kappa shape index (κ2) is 11.1.